The Morgan fingerprint density at radius 3 is 2.29 bits per heavy atom. The fraction of sp³-hybridized carbons (Fsp3) is 0.409. The monoisotopic (exact) mass is 448 g/mol. The number of carbonyl (C=O) groups is 1. The molecule has 1 amide bonds. The minimum absolute atomic E-state index is 0.0544. The highest BCUT2D eigenvalue weighted by molar-refractivity contribution is 7.89. The summed E-state index contributed by atoms with van der Waals surface area (Å²) < 4.78 is 39.5. The molecule has 168 valence electrons. The van der Waals surface area contributed by atoms with Gasteiger partial charge < -0.3 is 10.2 Å². The maximum atomic E-state index is 13.1. The molecule has 1 unspecified atom stereocenters. The molecule has 0 saturated carbocycles. The van der Waals surface area contributed by atoms with E-state index in [1.807, 2.05) is 30.3 Å². The minimum atomic E-state index is -3.89. The topological polar surface area (TPSA) is 73.0 Å². The van der Waals surface area contributed by atoms with Crippen molar-refractivity contribution in [2.45, 2.75) is 10.9 Å². The first-order valence-electron chi connectivity index (χ1n) is 10.2. The molecule has 2 aromatic carbocycles. The van der Waals surface area contributed by atoms with Crippen LogP contribution in [0.5, 0.6) is 0 Å². The molecule has 0 radical (unpaired) electrons. The second-order valence-electron chi connectivity index (χ2n) is 7.85. The Labute approximate surface area is 183 Å². The number of benzene rings is 2. The lowest BCUT2D eigenvalue weighted by molar-refractivity contribution is -0.122. The van der Waals surface area contributed by atoms with Crippen molar-refractivity contribution in [3.8, 4) is 0 Å². The SMILES string of the molecule is CN1CCN(CC(NC(=O)CN(C)S(=O)(=O)c2ccc(F)cc2)c2ccccc2)CC1. The van der Waals surface area contributed by atoms with Crippen LogP contribution in [0.2, 0.25) is 0 Å². The lowest BCUT2D eigenvalue weighted by atomic mass is 10.1. The zero-order valence-corrected chi connectivity index (χ0v) is 18.7. The second kappa shape index (κ2) is 10.3. The van der Waals surface area contributed by atoms with Gasteiger partial charge in [0.15, 0.2) is 0 Å². The van der Waals surface area contributed by atoms with E-state index < -0.39 is 21.7 Å². The zero-order chi connectivity index (χ0) is 22.4. The molecular weight excluding hydrogens is 419 g/mol. The van der Waals surface area contributed by atoms with Crippen LogP contribution in [0.25, 0.3) is 0 Å². The lowest BCUT2D eigenvalue weighted by Gasteiger charge is -2.35. The van der Waals surface area contributed by atoms with E-state index in [2.05, 4.69) is 22.2 Å². The Morgan fingerprint density at radius 2 is 1.68 bits per heavy atom. The van der Waals surface area contributed by atoms with Gasteiger partial charge in [-0.05, 0) is 36.9 Å². The predicted octanol–water partition coefficient (Wildman–Crippen LogP) is 1.55. The Morgan fingerprint density at radius 1 is 1.06 bits per heavy atom. The molecule has 0 bridgehead atoms. The molecule has 1 saturated heterocycles. The average molecular weight is 449 g/mol. The van der Waals surface area contributed by atoms with Crippen molar-refractivity contribution in [3.63, 3.8) is 0 Å². The highest BCUT2D eigenvalue weighted by Crippen LogP contribution is 2.17. The number of halogens is 1. The summed E-state index contributed by atoms with van der Waals surface area (Å²) in [4.78, 5) is 17.3. The van der Waals surface area contributed by atoms with Gasteiger partial charge in [-0.1, -0.05) is 30.3 Å². The number of nitrogens with zero attached hydrogens (tertiary/aromatic N) is 3. The predicted molar refractivity (Wildman–Crippen MR) is 117 cm³/mol. The van der Waals surface area contributed by atoms with E-state index in [-0.39, 0.29) is 17.5 Å². The molecule has 1 atom stereocenters. The van der Waals surface area contributed by atoms with Crippen LogP contribution in [0.15, 0.2) is 59.5 Å². The van der Waals surface area contributed by atoms with Crippen molar-refractivity contribution in [1.82, 2.24) is 19.4 Å². The molecule has 7 nitrogen and oxygen atoms in total. The summed E-state index contributed by atoms with van der Waals surface area (Å²) >= 11 is 0. The number of carbonyl (C=O) groups excluding carboxylic acids is 1. The van der Waals surface area contributed by atoms with E-state index in [1.54, 1.807) is 0 Å². The van der Waals surface area contributed by atoms with Crippen LogP contribution in [0, 0.1) is 5.82 Å². The van der Waals surface area contributed by atoms with Gasteiger partial charge in [-0.25, -0.2) is 12.8 Å². The van der Waals surface area contributed by atoms with Crippen molar-refractivity contribution >= 4 is 15.9 Å². The van der Waals surface area contributed by atoms with Crippen LogP contribution in [-0.2, 0) is 14.8 Å². The zero-order valence-electron chi connectivity index (χ0n) is 17.9. The van der Waals surface area contributed by atoms with Gasteiger partial charge in [0, 0.05) is 39.8 Å². The quantitative estimate of drug-likeness (QED) is 0.664. The smallest absolute Gasteiger partial charge is 0.243 e. The van der Waals surface area contributed by atoms with Crippen LogP contribution >= 0.6 is 0 Å². The molecule has 0 aliphatic carbocycles. The first-order chi connectivity index (χ1) is 14.8. The average Bonchev–Trinajstić information content (AvgIpc) is 2.75. The van der Waals surface area contributed by atoms with Crippen molar-refractivity contribution in [3.05, 3.63) is 66.0 Å². The number of nitrogens with one attached hydrogen (secondary N) is 1. The van der Waals surface area contributed by atoms with Gasteiger partial charge in [-0.3, -0.25) is 9.69 Å². The minimum Gasteiger partial charge on any atom is -0.347 e. The second-order valence-corrected chi connectivity index (χ2v) is 9.89. The molecule has 1 fully saturated rings. The van der Waals surface area contributed by atoms with Crippen LogP contribution in [0.1, 0.15) is 11.6 Å². The molecule has 2 aromatic rings. The number of likely N-dealkylation sites (N-methyl/N-ethyl adjacent to an activating group) is 2. The first kappa shape index (κ1) is 23.3. The Hall–Kier alpha value is -2.33. The van der Waals surface area contributed by atoms with E-state index in [0.29, 0.717) is 6.54 Å². The van der Waals surface area contributed by atoms with Crippen LogP contribution in [0.3, 0.4) is 0 Å². The Bertz CT molecular complexity index is 962. The number of amides is 1. The van der Waals surface area contributed by atoms with Crippen molar-refractivity contribution < 1.29 is 17.6 Å². The van der Waals surface area contributed by atoms with Gasteiger partial charge >= 0.3 is 0 Å². The van der Waals surface area contributed by atoms with E-state index in [4.69, 9.17) is 0 Å². The fourth-order valence-electron chi connectivity index (χ4n) is 3.52. The van der Waals surface area contributed by atoms with Gasteiger partial charge in [0.1, 0.15) is 5.82 Å². The Balaban J connectivity index is 1.67. The molecule has 9 heteroatoms. The standard InChI is InChI=1S/C22H29FN4O3S/c1-25-12-14-27(15-13-25)16-21(18-6-4-3-5-7-18)24-22(28)17-26(2)31(29,30)20-10-8-19(23)9-11-20/h3-11,21H,12-17H2,1-2H3,(H,24,28). The summed E-state index contributed by atoms with van der Waals surface area (Å²) in [6.45, 7) is 4.08. The third-order valence-corrected chi connectivity index (χ3v) is 7.28. The number of hydrogen-bond acceptors (Lipinski definition) is 5. The summed E-state index contributed by atoms with van der Waals surface area (Å²) in [6.07, 6.45) is 0. The Kier molecular flexibility index (Phi) is 7.77. The van der Waals surface area contributed by atoms with Crippen LogP contribution in [-0.4, -0.2) is 81.8 Å². The van der Waals surface area contributed by atoms with Gasteiger partial charge in [0.2, 0.25) is 15.9 Å². The molecule has 1 N–H and O–H groups in total. The number of hydrogen-bond donors (Lipinski definition) is 1. The molecule has 1 aliphatic heterocycles. The summed E-state index contributed by atoms with van der Waals surface area (Å²) in [5, 5.41) is 3.00. The normalized spacial score (nSPS) is 16.9. The van der Waals surface area contributed by atoms with E-state index in [0.717, 1.165) is 48.2 Å². The van der Waals surface area contributed by atoms with Crippen molar-refractivity contribution in [2.75, 3.05) is 53.4 Å². The van der Waals surface area contributed by atoms with Gasteiger partial charge in [-0.15, -0.1) is 0 Å². The maximum absolute atomic E-state index is 13.1. The third-order valence-electron chi connectivity index (χ3n) is 5.46. The van der Waals surface area contributed by atoms with Crippen molar-refractivity contribution in [1.29, 1.82) is 0 Å². The molecule has 0 spiro atoms. The molecule has 1 aliphatic rings. The molecule has 31 heavy (non-hydrogen) atoms. The fourth-order valence-corrected chi connectivity index (χ4v) is 4.65. The lowest BCUT2D eigenvalue weighted by Crippen LogP contribution is -2.48. The third kappa shape index (κ3) is 6.33. The van der Waals surface area contributed by atoms with Crippen LogP contribution < -0.4 is 5.32 Å². The summed E-state index contributed by atoms with van der Waals surface area (Å²) in [5.74, 6) is -0.912. The maximum Gasteiger partial charge on any atom is 0.243 e. The van der Waals surface area contributed by atoms with Gasteiger partial charge in [0.05, 0.1) is 17.5 Å². The van der Waals surface area contributed by atoms with E-state index in [9.17, 15) is 17.6 Å². The number of piperazine rings is 1. The van der Waals surface area contributed by atoms with Crippen LogP contribution in [0.4, 0.5) is 4.39 Å². The number of rotatable bonds is 8. The van der Waals surface area contributed by atoms with E-state index in [1.165, 1.54) is 19.2 Å². The molecule has 3 rings (SSSR count). The largest absolute Gasteiger partial charge is 0.347 e. The van der Waals surface area contributed by atoms with Gasteiger partial charge in [0.25, 0.3) is 0 Å². The molecular formula is C22H29FN4O3S. The summed E-state index contributed by atoms with van der Waals surface area (Å²) in [7, 11) is -0.463. The number of sulfonamides is 1. The van der Waals surface area contributed by atoms with Gasteiger partial charge in [-0.2, -0.15) is 4.31 Å². The first-order valence-corrected chi connectivity index (χ1v) is 11.7. The van der Waals surface area contributed by atoms with Crippen molar-refractivity contribution in [2.24, 2.45) is 0 Å². The van der Waals surface area contributed by atoms with E-state index >= 15 is 0 Å². The molecule has 1 heterocycles. The summed E-state index contributed by atoms with van der Waals surface area (Å²) in [5.41, 5.74) is 0.971. The molecule has 0 aromatic heterocycles. The highest BCUT2D eigenvalue weighted by Gasteiger charge is 2.25. The summed E-state index contributed by atoms with van der Waals surface area (Å²) in [6, 6.07) is 14.0. The highest BCUT2D eigenvalue weighted by atomic mass is 32.2.